The molecule has 0 saturated heterocycles. The van der Waals surface area contributed by atoms with E-state index in [-0.39, 0.29) is 6.10 Å². The molecule has 94 valence electrons. The Morgan fingerprint density at radius 2 is 2.00 bits per heavy atom. The molecule has 1 saturated carbocycles. The van der Waals surface area contributed by atoms with Crippen LogP contribution < -0.4 is 0 Å². The van der Waals surface area contributed by atoms with Gasteiger partial charge in [0.1, 0.15) is 0 Å². The molecule has 17 heavy (non-hydrogen) atoms. The Morgan fingerprint density at radius 3 is 2.65 bits per heavy atom. The maximum absolute atomic E-state index is 10.1. The summed E-state index contributed by atoms with van der Waals surface area (Å²) in [7, 11) is 0. The number of rotatable bonds is 3. The average Bonchev–Trinajstić information content (AvgIpc) is 2.33. The Morgan fingerprint density at radius 1 is 1.29 bits per heavy atom. The number of aliphatic hydroxyl groups excluding tert-OH is 1. The van der Waals surface area contributed by atoms with Crippen LogP contribution in [0.1, 0.15) is 38.7 Å². The standard InChI is InChI=1S/C15H23NO/c1-11(2)13-3-4-15(17)14(10-13)9-12-5-7-16-8-6-12/h5-8,11,13-15,17H,3-4,9-10H2,1-2H3. The molecule has 1 heterocycles. The normalized spacial score (nSPS) is 29.5. The van der Waals surface area contributed by atoms with Crippen molar-refractivity contribution >= 4 is 0 Å². The molecule has 2 heteroatoms. The highest BCUT2D eigenvalue weighted by Gasteiger charge is 2.30. The zero-order valence-electron chi connectivity index (χ0n) is 10.8. The second-order valence-electron chi connectivity index (χ2n) is 5.70. The summed E-state index contributed by atoms with van der Waals surface area (Å²) < 4.78 is 0. The molecular formula is C15H23NO. The van der Waals surface area contributed by atoms with E-state index in [0.29, 0.717) is 5.92 Å². The minimum atomic E-state index is -0.113. The van der Waals surface area contributed by atoms with E-state index in [9.17, 15) is 5.11 Å². The Labute approximate surface area is 104 Å². The molecule has 0 radical (unpaired) electrons. The zero-order chi connectivity index (χ0) is 12.3. The number of aliphatic hydroxyl groups is 1. The van der Waals surface area contributed by atoms with Crippen molar-refractivity contribution in [2.24, 2.45) is 17.8 Å². The minimum Gasteiger partial charge on any atom is -0.393 e. The predicted molar refractivity (Wildman–Crippen MR) is 69.6 cm³/mol. The maximum Gasteiger partial charge on any atom is 0.0571 e. The zero-order valence-corrected chi connectivity index (χ0v) is 10.8. The molecule has 0 spiro atoms. The molecule has 0 aromatic carbocycles. The third-order valence-corrected chi connectivity index (χ3v) is 4.17. The second kappa shape index (κ2) is 5.63. The molecular weight excluding hydrogens is 210 g/mol. The molecule has 3 unspecified atom stereocenters. The van der Waals surface area contributed by atoms with Crippen LogP contribution in [-0.2, 0) is 6.42 Å². The lowest BCUT2D eigenvalue weighted by atomic mass is 9.73. The number of hydrogen-bond donors (Lipinski definition) is 1. The third kappa shape index (κ3) is 3.29. The van der Waals surface area contributed by atoms with E-state index in [0.717, 1.165) is 24.7 Å². The highest BCUT2D eigenvalue weighted by Crippen LogP contribution is 2.35. The topological polar surface area (TPSA) is 33.1 Å². The fourth-order valence-electron chi connectivity index (χ4n) is 2.93. The van der Waals surface area contributed by atoms with Crippen molar-refractivity contribution in [2.45, 2.75) is 45.6 Å². The van der Waals surface area contributed by atoms with Gasteiger partial charge >= 0.3 is 0 Å². The highest BCUT2D eigenvalue weighted by molar-refractivity contribution is 5.11. The van der Waals surface area contributed by atoms with Gasteiger partial charge in [0.25, 0.3) is 0 Å². The third-order valence-electron chi connectivity index (χ3n) is 4.17. The summed E-state index contributed by atoms with van der Waals surface area (Å²) in [6.45, 7) is 4.59. The molecule has 1 aliphatic carbocycles. The van der Waals surface area contributed by atoms with Gasteiger partial charge in [-0.1, -0.05) is 13.8 Å². The van der Waals surface area contributed by atoms with Gasteiger partial charge in [-0.25, -0.2) is 0 Å². The van der Waals surface area contributed by atoms with Crippen molar-refractivity contribution < 1.29 is 5.11 Å². The van der Waals surface area contributed by atoms with E-state index in [1.54, 1.807) is 0 Å². The Balaban J connectivity index is 1.99. The summed E-state index contributed by atoms with van der Waals surface area (Å²) in [5.41, 5.74) is 1.30. The smallest absolute Gasteiger partial charge is 0.0571 e. The van der Waals surface area contributed by atoms with Gasteiger partial charge in [0.2, 0.25) is 0 Å². The molecule has 1 fully saturated rings. The fraction of sp³-hybridized carbons (Fsp3) is 0.667. The van der Waals surface area contributed by atoms with Crippen LogP contribution >= 0.6 is 0 Å². The molecule has 1 aliphatic rings. The quantitative estimate of drug-likeness (QED) is 0.870. The number of nitrogens with zero attached hydrogens (tertiary/aromatic N) is 1. The summed E-state index contributed by atoms with van der Waals surface area (Å²) in [6.07, 6.45) is 7.88. The predicted octanol–water partition coefficient (Wildman–Crippen LogP) is 3.06. The van der Waals surface area contributed by atoms with Gasteiger partial charge in [-0.05, 0) is 61.1 Å². The molecule has 1 aromatic rings. The summed E-state index contributed by atoms with van der Waals surface area (Å²) in [5.74, 6) is 1.95. The van der Waals surface area contributed by atoms with Crippen molar-refractivity contribution in [3.63, 3.8) is 0 Å². The molecule has 1 N–H and O–H groups in total. The molecule has 2 rings (SSSR count). The molecule has 0 amide bonds. The van der Waals surface area contributed by atoms with E-state index in [2.05, 4.69) is 31.0 Å². The van der Waals surface area contributed by atoms with Gasteiger partial charge in [0, 0.05) is 12.4 Å². The lowest BCUT2D eigenvalue weighted by molar-refractivity contribution is 0.0378. The molecule has 1 aromatic heterocycles. The second-order valence-corrected chi connectivity index (χ2v) is 5.70. The number of aromatic nitrogens is 1. The number of pyridine rings is 1. The van der Waals surface area contributed by atoms with Crippen LogP contribution in [0, 0.1) is 17.8 Å². The van der Waals surface area contributed by atoms with E-state index in [4.69, 9.17) is 0 Å². The van der Waals surface area contributed by atoms with Crippen LogP contribution in [0.15, 0.2) is 24.5 Å². The van der Waals surface area contributed by atoms with Gasteiger partial charge in [-0.15, -0.1) is 0 Å². The van der Waals surface area contributed by atoms with Crippen molar-refractivity contribution in [1.82, 2.24) is 4.98 Å². The first-order valence-corrected chi connectivity index (χ1v) is 6.73. The molecule has 0 bridgehead atoms. The first-order valence-electron chi connectivity index (χ1n) is 6.73. The van der Waals surface area contributed by atoms with Crippen molar-refractivity contribution in [2.75, 3.05) is 0 Å². The van der Waals surface area contributed by atoms with Gasteiger partial charge in [0.05, 0.1) is 6.10 Å². The van der Waals surface area contributed by atoms with E-state index in [1.807, 2.05) is 12.4 Å². The van der Waals surface area contributed by atoms with E-state index >= 15 is 0 Å². The summed E-state index contributed by atoms with van der Waals surface area (Å²) in [6, 6.07) is 4.12. The van der Waals surface area contributed by atoms with Crippen molar-refractivity contribution in [3.8, 4) is 0 Å². The van der Waals surface area contributed by atoms with Crippen LogP contribution in [0.2, 0.25) is 0 Å². The summed E-state index contributed by atoms with van der Waals surface area (Å²) in [5, 5.41) is 10.1. The van der Waals surface area contributed by atoms with Crippen LogP contribution in [0.3, 0.4) is 0 Å². The van der Waals surface area contributed by atoms with Gasteiger partial charge < -0.3 is 5.11 Å². The number of hydrogen-bond acceptors (Lipinski definition) is 2. The largest absolute Gasteiger partial charge is 0.393 e. The first kappa shape index (κ1) is 12.6. The first-order chi connectivity index (χ1) is 8.16. The Kier molecular flexibility index (Phi) is 4.16. The van der Waals surface area contributed by atoms with Gasteiger partial charge in [-0.3, -0.25) is 4.98 Å². The van der Waals surface area contributed by atoms with Gasteiger partial charge in [0.15, 0.2) is 0 Å². The van der Waals surface area contributed by atoms with E-state index in [1.165, 1.54) is 18.4 Å². The lowest BCUT2D eigenvalue weighted by Crippen LogP contribution is -2.32. The Bertz CT molecular complexity index is 336. The molecule has 0 aliphatic heterocycles. The van der Waals surface area contributed by atoms with Gasteiger partial charge in [-0.2, -0.15) is 0 Å². The lowest BCUT2D eigenvalue weighted by Gasteiger charge is -2.35. The summed E-state index contributed by atoms with van der Waals surface area (Å²) >= 11 is 0. The van der Waals surface area contributed by atoms with Crippen LogP contribution in [0.25, 0.3) is 0 Å². The molecule has 3 atom stereocenters. The average molecular weight is 233 g/mol. The molecule has 2 nitrogen and oxygen atoms in total. The highest BCUT2D eigenvalue weighted by atomic mass is 16.3. The SMILES string of the molecule is CC(C)C1CCC(O)C(Cc2ccncc2)C1. The fourth-order valence-corrected chi connectivity index (χ4v) is 2.93. The maximum atomic E-state index is 10.1. The minimum absolute atomic E-state index is 0.113. The van der Waals surface area contributed by atoms with Crippen molar-refractivity contribution in [1.29, 1.82) is 0 Å². The van der Waals surface area contributed by atoms with Crippen LogP contribution in [0.5, 0.6) is 0 Å². The van der Waals surface area contributed by atoms with Crippen LogP contribution in [-0.4, -0.2) is 16.2 Å². The van der Waals surface area contributed by atoms with Crippen molar-refractivity contribution in [3.05, 3.63) is 30.1 Å². The Hall–Kier alpha value is -0.890. The van der Waals surface area contributed by atoms with E-state index < -0.39 is 0 Å². The van der Waals surface area contributed by atoms with Crippen LogP contribution in [0.4, 0.5) is 0 Å². The summed E-state index contributed by atoms with van der Waals surface area (Å²) in [4.78, 5) is 4.04. The monoisotopic (exact) mass is 233 g/mol.